The number of aliphatic hydroxyl groups excluding tert-OH is 7. The van der Waals surface area contributed by atoms with Gasteiger partial charge in [-0.25, -0.2) is 4.57 Å². The summed E-state index contributed by atoms with van der Waals surface area (Å²) in [5.74, 6) is -0.620. The van der Waals surface area contributed by atoms with Gasteiger partial charge in [-0.2, -0.15) is 0 Å². The molecular weight excluding hydrogens is 765 g/mol. The maximum atomic E-state index is 13.0. The second-order valence-corrected chi connectivity index (χ2v) is 16.8. The van der Waals surface area contributed by atoms with Crippen LogP contribution in [0.25, 0.3) is 0 Å². The number of carbonyl (C=O) groups is 1. The summed E-state index contributed by atoms with van der Waals surface area (Å²) in [7, 11) is -5.15. The smallest absolute Gasteiger partial charge is 0.393 e. The highest BCUT2D eigenvalue weighted by Crippen LogP contribution is 2.47. The van der Waals surface area contributed by atoms with Crippen molar-refractivity contribution in [2.45, 2.75) is 204 Å². The van der Waals surface area contributed by atoms with Crippen molar-refractivity contribution in [3.05, 3.63) is 60.8 Å². The van der Waals surface area contributed by atoms with E-state index in [-0.39, 0.29) is 6.42 Å². The van der Waals surface area contributed by atoms with Gasteiger partial charge in [0.15, 0.2) is 0 Å². The van der Waals surface area contributed by atoms with Gasteiger partial charge in [-0.05, 0) is 77.0 Å². The summed E-state index contributed by atoms with van der Waals surface area (Å²) in [6.45, 7) is 3.63. The summed E-state index contributed by atoms with van der Waals surface area (Å²) >= 11 is 0. The molecular formula is C44H78NO12P. The normalized spacial score (nSPS) is 24.4. The van der Waals surface area contributed by atoms with E-state index in [0.29, 0.717) is 19.3 Å². The summed E-state index contributed by atoms with van der Waals surface area (Å²) in [5.41, 5.74) is 0. The molecule has 9 N–H and O–H groups in total. The fourth-order valence-corrected chi connectivity index (χ4v) is 7.38. The van der Waals surface area contributed by atoms with E-state index >= 15 is 0 Å². The van der Waals surface area contributed by atoms with Gasteiger partial charge in [-0.15, -0.1) is 0 Å². The third kappa shape index (κ3) is 25.6. The van der Waals surface area contributed by atoms with E-state index in [0.717, 1.165) is 70.6 Å². The molecule has 0 aromatic carbocycles. The largest absolute Gasteiger partial charge is 0.472 e. The number of phosphoric ester groups is 1. The van der Waals surface area contributed by atoms with Crippen molar-refractivity contribution in [3.8, 4) is 0 Å². The second kappa shape index (κ2) is 33.7. The van der Waals surface area contributed by atoms with Gasteiger partial charge < -0.3 is 46.0 Å². The molecule has 14 heteroatoms. The Hall–Kier alpha value is -2.00. The molecule has 0 bridgehead atoms. The molecule has 1 saturated carbocycles. The monoisotopic (exact) mass is 844 g/mol. The average molecular weight is 844 g/mol. The first-order chi connectivity index (χ1) is 27.8. The van der Waals surface area contributed by atoms with Gasteiger partial charge >= 0.3 is 7.82 Å². The Labute approximate surface area is 348 Å². The predicted molar refractivity (Wildman–Crippen MR) is 229 cm³/mol. The van der Waals surface area contributed by atoms with E-state index < -0.39 is 75.2 Å². The van der Waals surface area contributed by atoms with Crippen LogP contribution in [-0.4, -0.2) is 108 Å². The summed E-state index contributed by atoms with van der Waals surface area (Å²) in [6, 6.07) is -1.27. The number of hydrogen-bond acceptors (Lipinski definition) is 11. The summed E-state index contributed by atoms with van der Waals surface area (Å²) in [5, 5.41) is 74.2. The number of hydrogen-bond donors (Lipinski definition) is 9. The number of rotatable bonds is 34. The molecule has 1 aliphatic rings. The van der Waals surface area contributed by atoms with E-state index in [2.05, 4.69) is 61.7 Å². The van der Waals surface area contributed by atoms with Crippen LogP contribution in [0.4, 0.5) is 0 Å². The van der Waals surface area contributed by atoms with Crippen LogP contribution >= 0.6 is 7.82 Å². The Balaban J connectivity index is 2.63. The molecule has 0 aromatic heterocycles. The Bertz CT molecular complexity index is 1230. The maximum Gasteiger partial charge on any atom is 0.472 e. The highest BCUT2D eigenvalue weighted by Gasteiger charge is 2.51. The summed E-state index contributed by atoms with van der Waals surface area (Å²) in [4.78, 5) is 23.4. The molecule has 0 spiro atoms. The standard InChI is InChI=1S/C44H78NO12P/c1-3-5-7-9-11-13-15-17-18-20-21-23-25-27-29-31-35(46)33-38(48)45-36(37(47)32-30-28-26-24-22-19-16-14-12-10-8-6-4-2)34-56-58(54,55)57-44-42(52)40(50)39(49)41(51)43(44)53/h11-14,17-18,22,24,30,32,35-37,39-44,46-47,49-53H,3-10,15-16,19-21,23,25-29,31,33-34H2,1-2H3,(H,45,48)(H,54,55)/b13-11-,14-12+,18-17-,24-22+,32-30+. The van der Waals surface area contributed by atoms with Crippen LogP contribution in [0.15, 0.2) is 60.8 Å². The van der Waals surface area contributed by atoms with Crippen molar-refractivity contribution < 1.29 is 59.0 Å². The summed E-state index contributed by atoms with van der Waals surface area (Å²) in [6.07, 6.45) is 26.0. The number of unbranched alkanes of at least 4 members (excludes halogenated alkanes) is 13. The van der Waals surface area contributed by atoms with Crippen molar-refractivity contribution in [3.63, 3.8) is 0 Å². The van der Waals surface area contributed by atoms with Crippen LogP contribution in [0.2, 0.25) is 0 Å². The van der Waals surface area contributed by atoms with Gasteiger partial charge in [-0.3, -0.25) is 13.8 Å². The number of amides is 1. The van der Waals surface area contributed by atoms with Crippen LogP contribution in [-0.2, 0) is 18.4 Å². The Kier molecular flexibility index (Phi) is 31.4. The predicted octanol–water partition coefficient (Wildman–Crippen LogP) is 6.53. The van der Waals surface area contributed by atoms with Crippen LogP contribution < -0.4 is 5.32 Å². The first-order valence-electron chi connectivity index (χ1n) is 21.8. The second-order valence-electron chi connectivity index (χ2n) is 15.4. The van der Waals surface area contributed by atoms with Crippen LogP contribution in [0.5, 0.6) is 0 Å². The van der Waals surface area contributed by atoms with Crippen molar-refractivity contribution in [2.24, 2.45) is 0 Å². The van der Waals surface area contributed by atoms with Crippen molar-refractivity contribution in [2.75, 3.05) is 6.61 Å². The number of nitrogens with one attached hydrogen (secondary N) is 1. The lowest BCUT2D eigenvalue weighted by Crippen LogP contribution is -2.64. The Morgan fingerprint density at radius 2 is 1.07 bits per heavy atom. The first kappa shape index (κ1) is 54.0. The Morgan fingerprint density at radius 3 is 1.62 bits per heavy atom. The molecule has 336 valence electrons. The average Bonchev–Trinajstić information content (AvgIpc) is 3.19. The fourth-order valence-electron chi connectivity index (χ4n) is 6.42. The van der Waals surface area contributed by atoms with E-state index in [4.69, 9.17) is 9.05 Å². The van der Waals surface area contributed by atoms with Gasteiger partial charge in [0, 0.05) is 0 Å². The molecule has 8 unspecified atom stereocenters. The number of phosphoric acid groups is 1. The summed E-state index contributed by atoms with van der Waals surface area (Å²) < 4.78 is 22.8. The zero-order valence-electron chi connectivity index (χ0n) is 35.2. The lowest BCUT2D eigenvalue weighted by molar-refractivity contribution is -0.220. The van der Waals surface area contributed by atoms with Crippen LogP contribution in [0.3, 0.4) is 0 Å². The minimum Gasteiger partial charge on any atom is -0.393 e. The topological polar surface area (TPSA) is 226 Å². The van der Waals surface area contributed by atoms with E-state index in [1.807, 2.05) is 6.08 Å². The molecule has 0 radical (unpaired) electrons. The third-order valence-corrected chi connectivity index (χ3v) is 11.0. The van der Waals surface area contributed by atoms with Gasteiger partial charge in [0.2, 0.25) is 5.91 Å². The lowest BCUT2D eigenvalue weighted by Gasteiger charge is -2.41. The molecule has 8 atom stereocenters. The van der Waals surface area contributed by atoms with Crippen LogP contribution in [0, 0.1) is 0 Å². The first-order valence-corrected chi connectivity index (χ1v) is 23.3. The minimum atomic E-state index is -5.15. The van der Waals surface area contributed by atoms with Crippen LogP contribution in [0.1, 0.15) is 149 Å². The SMILES string of the molecule is CCCCC/C=C\C/C=C\CCCCCCCC(O)CC(=O)NC(COP(=O)(O)OC1C(O)C(O)C(O)C(O)C1O)C(O)/C=C/CC/C=C/CC/C=C/CCCCC. The van der Waals surface area contributed by atoms with Crippen molar-refractivity contribution in [1.82, 2.24) is 5.32 Å². The van der Waals surface area contributed by atoms with Gasteiger partial charge in [0.05, 0.1) is 31.3 Å². The quantitative estimate of drug-likeness (QED) is 0.0192. The molecule has 0 saturated heterocycles. The van der Waals surface area contributed by atoms with Crippen molar-refractivity contribution in [1.29, 1.82) is 0 Å². The van der Waals surface area contributed by atoms with E-state index in [1.54, 1.807) is 6.08 Å². The maximum absolute atomic E-state index is 13.0. The zero-order valence-corrected chi connectivity index (χ0v) is 36.1. The molecule has 58 heavy (non-hydrogen) atoms. The fraction of sp³-hybridized carbons (Fsp3) is 0.750. The third-order valence-electron chi connectivity index (χ3n) is 10.1. The molecule has 1 aliphatic carbocycles. The number of carbonyl (C=O) groups excluding carboxylic acids is 1. The van der Waals surface area contributed by atoms with E-state index in [9.17, 15) is 50.0 Å². The highest BCUT2D eigenvalue weighted by atomic mass is 31.2. The van der Waals surface area contributed by atoms with Crippen molar-refractivity contribution >= 4 is 13.7 Å². The molecule has 1 amide bonds. The van der Waals surface area contributed by atoms with Gasteiger partial charge in [0.1, 0.15) is 36.6 Å². The molecule has 0 aromatic rings. The zero-order chi connectivity index (χ0) is 43.0. The van der Waals surface area contributed by atoms with Gasteiger partial charge in [0.25, 0.3) is 0 Å². The highest BCUT2D eigenvalue weighted by molar-refractivity contribution is 7.47. The van der Waals surface area contributed by atoms with E-state index in [1.165, 1.54) is 44.6 Å². The molecule has 0 aliphatic heterocycles. The molecule has 1 fully saturated rings. The molecule has 1 rings (SSSR count). The lowest BCUT2D eigenvalue weighted by atomic mass is 9.85. The Morgan fingerprint density at radius 1 is 0.621 bits per heavy atom. The number of aliphatic hydroxyl groups is 7. The molecule has 0 heterocycles. The van der Waals surface area contributed by atoms with Gasteiger partial charge in [-0.1, -0.05) is 126 Å². The molecule has 13 nitrogen and oxygen atoms in total. The minimum absolute atomic E-state index is 0.269. The number of allylic oxidation sites excluding steroid dienone is 9.